The van der Waals surface area contributed by atoms with E-state index in [0.29, 0.717) is 44.0 Å². The van der Waals surface area contributed by atoms with Crippen molar-refractivity contribution in [3.8, 4) is 11.5 Å². The molecule has 3 N–H and O–H groups in total. The molecule has 1 atom stereocenters. The number of nitrogens with one attached hydrogen (secondary N) is 3. The van der Waals surface area contributed by atoms with Gasteiger partial charge in [-0.3, -0.25) is 4.79 Å². The molecule has 0 saturated carbocycles. The number of hydrazone groups is 1. The molecule has 0 fully saturated rings. The number of nitrogens with zero attached hydrogens (tertiary/aromatic N) is 1. The van der Waals surface area contributed by atoms with Gasteiger partial charge in [-0.25, -0.2) is 10.2 Å². The Hall–Kier alpha value is -3.63. The Bertz CT molecular complexity index is 1180. The number of carbonyl (C=O) groups is 2. The van der Waals surface area contributed by atoms with Crippen LogP contribution in [0.3, 0.4) is 0 Å². The van der Waals surface area contributed by atoms with Gasteiger partial charge in [0.2, 0.25) is 0 Å². The summed E-state index contributed by atoms with van der Waals surface area (Å²) in [6.45, 7) is 3.40. The SMILES string of the molecule is CCOC(=O)C1=C(C)NC(=S)N[C@@H]1c1ccccc1OCC(=O)NN=Cc1cc(Cl)ccc1OC. The van der Waals surface area contributed by atoms with E-state index in [9.17, 15) is 9.59 Å². The second kappa shape index (κ2) is 12.2. The molecule has 0 radical (unpaired) electrons. The lowest BCUT2D eigenvalue weighted by molar-refractivity contribution is -0.139. The Morgan fingerprint density at radius 3 is 2.74 bits per heavy atom. The highest BCUT2D eigenvalue weighted by Crippen LogP contribution is 2.33. The van der Waals surface area contributed by atoms with E-state index in [1.54, 1.807) is 56.3 Å². The molecule has 0 unspecified atom stereocenters. The van der Waals surface area contributed by atoms with Crippen LogP contribution < -0.4 is 25.5 Å². The molecule has 1 amide bonds. The summed E-state index contributed by atoms with van der Waals surface area (Å²) in [5, 5.41) is 10.8. The van der Waals surface area contributed by atoms with Crippen molar-refractivity contribution in [3.05, 3.63) is 69.9 Å². The number of methoxy groups -OCH3 is 1. The van der Waals surface area contributed by atoms with E-state index in [1.807, 2.05) is 0 Å². The highest BCUT2D eigenvalue weighted by Gasteiger charge is 2.32. The van der Waals surface area contributed by atoms with Crippen molar-refractivity contribution in [2.45, 2.75) is 19.9 Å². The van der Waals surface area contributed by atoms with Crippen LogP contribution in [0.25, 0.3) is 0 Å². The van der Waals surface area contributed by atoms with Gasteiger partial charge in [-0.1, -0.05) is 29.8 Å². The van der Waals surface area contributed by atoms with Crippen LogP contribution >= 0.6 is 23.8 Å². The van der Waals surface area contributed by atoms with Crippen LogP contribution in [0.2, 0.25) is 5.02 Å². The third-order valence-electron chi connectivity index (χ3n) is 4.94. The first kappa shape index (κ1) is 26.0. The number of esters is 1. The molecule has 3 rings (SSSR count). The molecule has 0 spiro atoms. The minimum atomic E-state index is -0.615. The largest absolute Gasteiger partial charge is 0.496 e. The molecule has 35 heavy (non-hydrogen) atoms. The maximum atomic E-state index is 12.6. The van der Waals surface area contributed by atoms with E-state index in [1.165, 1.54) is 13.3 Å². The molecule has 0 saturated heterocycles. The summed E-state index contributed by atoms with van der Waals surface area (Å²) in [6, 6.07) is 11.5. The number of rotatable bonds is 9. The lowest BCUT2D eigenvalue weighted by Gasteiger charge is -2.30. The van der Waals surface area contributed by atoms with Crippen LogP contribution in [-0.2, 0) is 14.3 Å². The molecule has 0 aromatic heterocycles. The Labute approximate surface area is 213 Å². The molecule has 9 nitrogen and oxygen atoms in total. The van der Waals surface area contributed by atoms with Gasteiger partial charge < -0.3 is 24.8 Å². The first-order valence-electron chi connectivity index (χ1n) is 10.7. The third kappa shape index (κ3) is 6.71. The molecular weight excluding hydrogens is 492 g/mol. The predicted octanol–water partition coefficient (Wildman–Crippen LogP) is 3.23. The quantitative estimate of drug-likeness (QED) is 0.202. The molecule has 0 bridgehead atoms. The van der Waals surface area contributed by atoms with E-state index < -0.39 is 17.9 Å². The zero-order valence-corrected chi connectivity index (χ0v) is 21.0. The lowest BCUT2D eigenvalue weighted by Crippen LogP contribution is -2.45. The fourth-order valence-electron chi connectivity index (χ4n) is 3.41. The molecule has 2 aromatic carbocycles. The number of hydrogen-bond donors (Lipinski definition) is 3. The number of benzene rings is 2. The number of ether oxygens (including phenoxy) is 3. The van der Waals surface area contributed by atoms with Crippen molar-refractivity contribution in [2.24, 2.45) is 5.10 Å². The van der Waals surface area contributed by atoms with Crippen molar-refractivity contribution in [2.75, 3.05) is 20.3 Å². The number of amides is 1. The van der Waals surface area contributed by atoms with Crippen molar-refractivity contribution in [1.82, 2.24) is 16.1 Å². The summed E-state index contributed by atoms with van der Waals surface area (Å²) >= 11 is 11.3. The average Bonchev–Trinajstić information content (AvgIpc) is 2.82. The minimum Gasteiger partial charge on any atom is -0.496 e. The first-order valence-corrected chi connectivity index (χ1v) is 11.4. The summed E-state index contributed by atoms with van der Waals surface area (Å²) in [6.07, 6.45) is 1.43. The van der Waals surface area contributed by atoms with Crippen LogP contribution in [0.15, 0.2) is 58.8 Å². The number of carbonyl (C=O) groups excluding carboxylic acids is 2. The highest BCUT2D eigenvalue weighted by molar-refractivity contribution is 7.80. The number of hydrogen-bond acceptors (Lipinski definition) is 7. The minimum absolute atomic E-state index is 0.229. The Kier molecular flexibility index (Phi) is 9.04. The molecule has 11 heteroatoms. The van der Waals surface area contributed by atoms with Gasteiger partial charge in [0, 0.05) is 21.8 Å². The van der Waals surface area contributed by atoms with Gasteiger partial charge in [0.1, 0.15) is 11.5 Å². The van der Waals surface area contributed by atoms with Crippen molar-refractivity contribution in [1.29, 1.82) is 0 Å². The van der Waals surface area contributed by atoms with Crippen LogP contribution in [0.5, 0.6) is 11.5 Å². The van der Waals surface area contributed by atoms with Gasteiger partial charge in [-0.2, -0.15) is 5.10 Å². The second-order valence-corrected chi connectivity index (χ2v) is 8.14. The zero-order valence-electron chi connectivity index (χ0n) is 19.4. The Balaban J connectivity index is 1.72. The smallest absolute Gasteiger partial charge is 0.338 e. The number of allylic oxidation sites excluding steroid dienone is 1. The lowest BCUT2D eigenvalue weighted by atomic mass is 9.95. The Morgan fingerprint density at radius 2 is 2.00 bits per heavy atom. The van der Waals surface area contributed by atoms with Gasteiger partial charge in [0.05, 0.1) is 31.5 Å². The summed E-state index contributed by atoms with van der Waals surface area (Å²) < 4.78 is 16.2. The van der Waals surface area contributed by atoms with Gasteiger partial charge in [-0.15, -0.1) is 0 Å². The van der Waals surface area contributed by atoms with E-state index >= 15 is 0 Å². The molecule has 2 aromatic rings. The van der Waals surface area contributed by atoms with Crippen molar-refractivity contribution in [3.63, 3.8) is 0 Å². The standard InChI is InChI=1S/C24H25ClN4O5S/c1-4-33-23(31)21-14(2)27-24(35)28-22(21)17-7-5-6-8-19(17)34-13-20(30)29-26-12-15-11-16(25)9-10-18(15)32-3/h5-12,22H,4,13H2,1-3H3,(H,29,30)(H2,27,28,35)/t22-/m1/s1. The monoisotopic (exact) mass is 516 g/mol. The van der Waals surface area contributed by atoms with E-state index in [-0.39, 0.29) is 13.2 Å². The summed E-state index contributed by atoms with van der Waals surface area (Å²) in [5.41, 5.74) is 4.59. The Morgan fingerprint density at radius 1 is 1.23 bits per heavy atom. The topological polar surface area (TPSA) is 110 Å². The van der Waals surface area contributed by atoms with E-state index in [0.717, 1.165) is 0 Å². The fourth-order valence-corrected chi connectivity index (χ4v) is 3.86. The van der Waals surface area contributed by atoms with Gasteiger partial charge in [0.25, 0.3) is 5.91 Å². The normalized spacial score (nSPS) is 15.3. The summed E-state index contributed by atoms with van der Waals surface area (Å²) in [7, 11) is 1.53. The number of halogens is 1. The van der Waals surface area contributed by atoms with Gasteiger partial charge in [-0.05, 0) is 50.3 Å². The molecular formula is C24H25ClN4O5S. The van der Waals surface area contributed by atoms with Crippen LogP contribution in [0, 0.1) is 0 Å². The maximum absolute atomic E-state index is 12.6. The predicted molar refractivity (Wildman–Crippen MR) is 137 cm³/mol. The van der Waals surface area contributed by atoms with Gasteiger partial charge in [0.15, 0.2) is 11.7 Å². The van der Waals surface area contributed by atoms with E-state index in [4.69, 9.17) is 38.0 Å². The molecule has 0 aliphatic carbocycles. The molecule has 1 aliphatic rings. The molecule has 1 aliphatic heterocycles. The van der Waals surface area contributed by atoms with Crippen LogP contribution in [0.4, 0.5) is 0 Å². The van der Waals surface area contributed by atoms with Crippen molar-refractivity contribution >= 4 is 47.0 Å². The fraction of sp³-hybridized carbons (Fsp3) is 0.250. The molecule has 184 valence electrons. The highest BCUT2D eigenvalue weighted by atomic mass is 35.5. The number of thiocarbonyl (C=S) groups is 1. The summed E-state index contributed by atoms with van der Waals surface area (Å²) in [5.74, 6) is 0.00431. The average molecular weight is 517 g/mol. The van der Waals surface area contributed by atoms with E-state index in [2.05, 4.69) is 21.2 Å². The zero-order chi connectivity index (χ0) is 25.4. The molecule has 1 heterocycles. The van der Waals surface area contributed by atoms with Crippen molar-refractivity contribution < 1.29 is 23.8 Å². The summed E-state index contributed by atoms with van der Waals surface area (Å²) in [4.78, 5) is 25.0. The second-order valence-electron chi connectivity index (χ2n) is 7.30. The van der Waals surface area contributed by atoms with Gasteiger partial charge >= 0.3 is 5.97 Å². The maximum Gasteiger partial charge on any atom is 0.338 e. The third-order valence-corrected chi connectivity index (χ3v) is 5.39. The first-order chi connectivity index (χ1) is 16.8. The van der Waals surface area contributed by atoms with Crippen LogP contribution in [0.1, 0.15) is 31.0 Å². The van der Waals surface area contributed by atoms with Crippen LogP contribution in [-0.4, -0.2) is 43.5 Å². The number of para-hydroxylation sites is 1.